The van der Waals surface area contributed by atoms with Gasteiger partial charge in [-0.25, -0.2) is 0 Å². The molecule has 1 saturated carbocycles. The van der Waals surface area contributed by atoms with Gasteiger partial charge in [0.2, 0.25) is 0 Å². The number of aliphatic hydroxyl groups is 1. The first kappa shape index (κ1) is 16.3. The van der Waals surface area contributed by atoms with Crippen molar-refractivity contribution in [2.45, 2.75) is 71.1 Å². The van der Waals surface area contributed by atoms with Crippen molar-refractivity contribution >= 4 is 0 Å². The van der Waals surface area contributed by atoms with E-state index < -0.39 is 0 Å². The molecule has 0 radical (unpaired) electrons. The lowest BCUT2D eigenvalue weighted by molar-refractivity contribution is 0.0458. The van der Waals surface area contributed by atoms with Crippen LogP contribution >= 0.6 is 0 Å². The van der Waals surface area contributed by atoms with Gasteiger partial charge in [-0.2, -0.15) is 0 Å². The van der Waals surface area contributed by atoms with Crippen LogP contribution in [0.3, 0.4) is 0 Å². The zero-order valence-electron chi connectivity index (χ0n) is 13.8. The molecule has 3 nitrogen and oxygen atoms in total. The van der Waals surface area contributed by atoms with E-state index in [0.717, 1.165) is 31.4 Å². The van der Waals surface area contributed by atoms with E-state index in [-0.39, 0.29) is 18.2 Å². The summed E-state index contributed by atoms with van der Waals surface area (Å²) in [5.41, 5.74) is 2.29. The highest BCUT2D eigenvalue weighted by atomic mass is 16.5. The van der Waals surface area contributed by atoms with Crippen molar-refractivity contribution in [1.82, 2.24) is 5.32 Å². The lowest BCUT2D eigenvalue weighted by Gasteiger charge is -2.41. The summed E-state index contributed by atoms with van der Waals surface area (Å²) in [6.07, 6.45) is 4.23. The first-order valence-corrected chi connectivity index (χ1v) is 8.07. The standard InChI is InChI=1S/C18H29NO2/c1-13(2)19-18(12-20)10-6-8-16(11-18)21-17-9-5-7-14(3)15(17)4/h5,7,9,13,16,19-20H,6,8,10-12H2,1-4H3. The Hall–Kier alpha value is -1.06. The van der Waals surface area contributed by atoms with Crippen molar-refractivity contribution < 1.29 is 9.84 Å². The van der Waals surface area contributed by atoms with Gasteiger partial charge in [0.1, 0.15) is 11.9 Å². The monoisotopic (exact) mass is 291 g/mol. The predicted molar refractivity (Wildman–Crippen MR) is 86.9 cm³/mol. The van der Waals surface area contributed by atoms with Crippen LogP contribution in [0, 0.1) is 13.8 Å². The lowest BCUT2D eigenvalue weighted by atomic mass is 9.80. The molecule has 1 aliphatic rings. The third-order valence-corrected chi connectivity index (χ3v) is 4.55. The summed E-state index contributed by atoms with van der Waals surface area (Å²) >= 11 is 0. The zero-order valence-corrected chi connectivity index (χ0v) is 13.8. The largest absolute Gasteiger partial charge is 0.490 e. The van der Waals surface area contributed by atoms with Crippen LogP contribution in [0.25, 0.3) is 0 Å². The molecule has 1 aromatic carbocycles. The summed E-state index contributed by atoms with van der Waals surface area (Å²) in [7, 11) is 0. The molecule has 3 heteroatoms. The van der Waals surface area contributed by atoms with Gasteiger partial charge in [-0.05, 0) is 50.3 Å². The predicted octanol–water partition coefficient (Wildman–Crippen LogP) is 3.35. The molecule has 0 aromatic heterocycles. The molecule has 1 aliphatic carbocycles. The maximum atomic E-state index is 9.85. The van der Waals surface area contributed by atoms with Crippen molar-refractivity contribution in [1.29, 1.82) is 0 Å². The molecule has 0 saturated heterocycles. The van der Waals surface area contributed by atoms with Gasteiger partial charge < -0.3 is 15.2 Å². The van der Waals surface area contributed by atoms with Crippen molar-refractivity contribution in [3.8, 4) is 5.75 Å². The van der Waals surface area contributed by atoms with Gasteiger partial charge in [0, 0.05) is 18.0 Å². The lowest BCUT2D eigenvalue weighted by Crippen LogP contribution is -2.55. The van der Waals surface area contributed by atoms with Crippen molar-refractivity contribution in [2.75, 3.05) is 6.61 Å². The van der Waals surface area contributed by atoms with E-state index in [2.05, 4.69) is 39.1 Å². The van der Waals surface area contributed by atoms with Crippen molar-refractivity contribution in [3.05, 3.63) is 29.3 Å². The summed E-state index contributed by atoms with van der Waals surface area (Å²) in [5.74, 6) is 0.985. The Morgan fingerprint density at radius 2 is 2.14 bits per heavy atom. The topological polar surface area (TPSA) is 41.5 Å². The highest BCUT2D eigenvalue weighted by Gasteiger charge is 2.37. The number of aryl methyl sites for hydroxylation is 1. The second-order valence-corrected chi connectivity index (χ2v) is 6.77. The number of hydrogen-bond donors (Lipinski definition) is 2. The van der Waals surface area contributed by atoms with Gasteiger partial charge in [-0.1, -0.05) is 26.0 Å². The Morgan fingerprint density at radius 3 is 2.81 bits per heavy atom. The molecule has 2 unspecified atom stereocenters. The van der Waals surface area contributed by atoms with E-state index in [4.69, 9.17) is 4.74 Å². The number of benzene rings is 1. The second kappa shape index (κ2) is 6.80. The highest BCUT2D eigenvalue weighted by molar-refractivity contribution is 5.38. The fourth-order valence-electron chi connectivity index (χ4n) is 3.37. The fourth-order valence-corrected chi connectivity index (χ4v) is 3.37. The third-order valence-electron chi connectivity index (χ3n) is 4.55. The molecular formula is C18H29NO2. The zero-order chi connectivity index (χ0) is 15.5. The summed E-state index contributed by atoms with van der Waals surface area (Å²) in [6, 6.07) is 6.58. The van der Waals surface area contributed by atoms with Gasteiger partial charge in [-0.3, -0.25) is 0 Å². The second-order valence-electron chi connectivity index (χ2n) is 6.77. The van der Waals surface area contributed by atoms with Gasteiger partial charge >= 0.3 is 0 Å². The van der Waals surface area contributed by atoms with Crippen LogP contribution in [0.1, 0.15) is 50.7 Å². The maximum Gasteiger partial charge on any atom is 0.122 e. The number of ether oxygens (including phenoxy) is 1. The number of hydrogen-bond acceptors (Lipinski definition) is 3. The van der Waals surface area contributed by atoms with Crippen LogP contribution in [0.2, 0.25) is 0 Å². The maximum absolute atomic E-state index is 9.85. The Bertz CT molecular complexity index is 472. The summed E-state index contributed by atoms with van der Waals surface area (Å²) in [4.78, 5) is 0. The molecule has 1 fully saturated rings. The molecule has 118 valence electrons. The van der Waals surface area contributed by atoms with Gasteiger partial charge in [0.05, 0.1) is 6.61 Å². The minimum atomic E-state index is -0.186. The quantitative estimate of drug-likeness (QED) is 0.874. The average Bonchev–Trinajstić information content (AvgIpc) is 2.43. The molecule has 0 amide bonds. The van der Waals surface area contributed by atoms with E-state index >= 15 is 0 Å². The first-order valence-electron chi connectivity index (χ1n) is 8.07. The molecule has 1 aromatic rings. The Labute approximate surface area is 128 Å². The number of rotatable bonds is 5. The van der Waals surface area contributed by atoms with Crippen LogP contribution in [-0.2, 0) is 0 Å². The molecule has 2 N–H and O–H groups in total. The molecule has 2 rings (SSSR count). The Morgan fingerprint density at radius 1 is 1.38 bits per heavy atom. The minimum absolute atomic E-state index is 0.178. The first-order chi connectivity index (χ1) is 9.96. The van der Waals surface area contributed by atoms with E-state index in [1.807, 2.05) is 12.1 Å². The number of aliphatic hydroxyl groups excluding tert-OH is 1. The summed E-state index contributed by atoms with van der Waals surface area (Å²) in [6.45, 7) is 8.66. The van der Waals surface area contributed by atoms with Crippen LogP contribution < -0.4 is 10.1 Å². The van der Waals surface area contributed by atoms with Crippen molar-refractivity contribution in [3.63, 3.8) is 0 Å². The van der Waals surface area contributed by atoms with Crippen molar-refractivity contribution in [2.24, 2.45) is 0 Å². The molecule has 2 atom stereocenters. The van der Waals surface area contributed by atoms with E-state index in [0.29, 0.717) is 6.04 Å². The van der Waals surface area contributed by atoms with E-state index in [1.165, 1.54) is 11.1 Å². The smallest absolute Gasteiger partial charge is 0.122 e. The molecular weight excluding hydrogens is 262 g/mol. The molecule has 21 heavy (non-hydrogen) atoms. The van der Waals surface area contributed by atoms with Crippen LogP contribution in [0.15, 0.2) is 18.2 Å². The van der Waals surface area contributed by atoms with Gasteiger partial charge in [-0.15, -0.1) is 0 Å². The third kappa shape index (κ3) is 3.98. The normalized spacial score (nSPS) is 26.1. The van der Waals surface area contributed by atoms with Gasteiger partial charge in [0.15, 0.2) is 0 Å². The molecule has 0 aliphatic heterocycles. The average molecular weight is 291 g/mol. The molecule has 0 heterocycles. The highest BCUT2D eigenvalue weighted by Crippen LogP contribution is 2.32. The SMILES string of the molecule is Cc1cccc(OC2CCCC(CO)(NC(C)C)C2)c1C. The van der Waals surface area contributed by atoms with E-state index in [9.17, 15) is 5.11 Å². The Kier molecular flexibility index (Phi) is 5.28. The van der Waals surface area contributed by atoms with Crippen LogP contribution in [0.5, 0.6) is 5.75 Å². The fraction of sp³-hybridized carbons (Fsp3) is 0.667. The summed E-state index contributed by atoms with van der Waals surface area (Å²) < 4.78 is 6.25. The van der Waals surface area contributed by atoms with Crippen LogP contribution in [0.4, 0.5) is 0 Å². The van der Waals surface area contributed by atoms with E-state index in [1.54, 1.807) is 0 Å². The Balaban J connectivity index is 2.08. The van der Waals surface area contributed by atoms with Gasteiger partial charge in [0.25, 0.3) is 0 Å². The minimum Gasteiger partial charge on any atom is -0.490 e. The summed E-state index contributed by atoms with van der Waals surface area (Å²) in [5, 5.41) is 13.4. The molecule has 0 bridgehead atoms. The molecule has 0 spiro atoms. The number of nitrogens with one attached hydrogen (secondary N) is 1. The van der Waals surface area contributed by atoms with Crippen LogP contribution in [-0.4, -0.2) is 29.4 Å².